The third-order valence-corrected chi connectivity index (χ3v) is 21.8. The average Bonchev–Trinajstić information content (AvgIpc) is 3.72. The minimum Gasteiger partial charge on any atom is -0.0616 e. The zero-order valence-corrected chi connectivity index (χ0v) is 43.6. The van der Waals surface area contributed by atoms with E-state index in [-0.39, 0.29) is 32.5 Å². The Kier molecular flexibility index (Phi) is 9.86. The van der Waals surface area contributed by atoms with Gasteiger partial charge in [0.2, 0.25) is 0 Å². The fraction of sp³-hybridized carbons (Fsp3) is 0.484. The van der Waals surface area contributed by atoms with E-state index >= 15 is 0 Å². The van der Waals surface area contributed by atoms with Crippen molar-refractivity contribution >= 4 is 40.0 Å². The van der Waals surface area contributed by atoms with Crippen LogP contribution in [0.2, 0.25) is 11.1 Å². The van der Waals surface area contributed by atoms with Crippen molar-refractivity contribution in [3.8, 4) is 33.4 Å². The van der Waals surface area contributed by atoms with Gasteiger partial charge in [-0.25, -0.2) is 0 Å². The van der Waals surface area contributed by atoms with E-state index in [0.29, 0.717) is 0 Å². The molecule has 1 saturated heterocycles. The molecule has 2 aliphatic heterocycles. The van der Waals surface area contributed by atoms with Crippen LogP contribution in [0.25, 0.3) is 54.9 Å². The van der Waals surface area contributed by atoms with Gasteiger partial charge < -0.3 is 0 Å². The van der Waals surface area contributed by atoms with E-state index in [4.69, 9.17) is 0 Å². The summed E-state index contributed by atoms with van der Waals surface area (Å²) in [6, 6.07) is 35.0. The highest BCUT2D eigenvalue weighted by atomic mass is 28.3. The predicted molar refractivity (Wildman–Crippen MR) is 281 cm³/mol. The molecule has 1 heteroatoms. The Bertz CT molecular complexity index is 2570. The second kappa shape index (κ2) is 14.0. The monoisotopic (exact) mass is 851 g/mol. The molecule has 6 aromatic carbocycles. The first-order chi connectivity index (χ1) is 29.1. The van der Waals surface area contributed by atoms with Gasteiger partial charge in [0, 0.05) is 0 Å². The summed E-state index contributed by atoms with van der Waals surface area (Å²) >= 11 is 0. The second-order valence-corrected chi connectivity index (χ2v) is 30.8. The maximum Gasteiger partial charge on any atom is 0.127 e. The van der Waals surface area contributed by atoms with E-state index in [1.54, 1.807) is 32.6 Å². The summed E-state index contributed by atoms with van der Waals surface area (Å²) < 4.78 is 0. The van der Waals surface area contributed by atoms with Crippen LogP contribution >= 0.6 is 0 Å². The highest BCUT2D eigenvalue weighted by molar-refractivity contribution is 7.17. The summed E-state index contributed by atoms with van der Waals surface area (Å²) in [6.07, 6.45) is 5.43. The molecule has 0 nitrogen and oxygen atoms in total. The minimum atomic E-state index is -2.45. The predicted octanol–water partition coefficient (Wildman–Crippen LogP) is 17.0. The Morgan fingerprint density at radius 1 is 0.365 bits per heavy atom. The highest BCUT2D eigenvalue weighted by Crippen LogP contribution is 2.71. The molecule has 330 valence electrons. The van der Waals surface area contributed by atoms with Crippen LogP contribution in [-0.2, 0) is 32.5 Å². The fourth-order valence-corrected chi connectivity index (χ4v) is 20.2. The highest BCUT2D eigenvalue weighted by Gasteiger charge is 2.73. The van der Waals surface area contributed by atoms with Gasteiger partial charge in [-0.2, -0.15) is 0 Å². The molecule has 2 heterocycles. The molecule has 3 aliphatic rings. The van der Waals surface area contributed by atoms with Crippen molar-refractivity contribution in [2.75, 3.05) is 0 Å². The van der Waals surface area contributed by atoms with E-state index < -0.39 is 8.07 Å². The lowest BCUT2D eigenvalue weighted by atomic mass is 9.70. The number of benzene rings is 6. The van der Waals surface area contributed by atoms with Crippen molar-refractivity contribution in [1.29, 1.82) is 0 Å². The van der Waals surface area contributed by atoms with E-state index in [1.165, 1.54) is 91.7 Å². The first-order valence-corrected chi connectivity index (χ1v) is 26.8. The van der Waals surface area contributed by atoms with Crippen LogP contribution in [0.5, 0.6) is 0 Å². The molecule has 1 spiro atoms. The maximum absolute atomic E-state index is 2.71. The molecule has 0 radical (unpaired) electrons. The van der Waals surface area contributed by atoms with Crippen LogP contribution in [0.4, 0.5) is 0 Å². The Morgan fingerprint density at radius 2 is 0.667 bits per heavy atom. The summed E-state index contributed by atoms with van der Waals surface area (Å²) in [7, 11) is -2.45. The zero-order valence-electron chi connectivity index (χ0n) is 42.6. The van der Waals surface area contributed by atoms with Crippen molar-refractivity contribution in [3.05, 3.63) is 118 Å². The lowest BCUT2D eigenvalue weighted by Gasteiger charge is -2.36. The molecular formula is C62H78Si. The lowest BCUT2D eigenvalue weighted by molar-refractivity contribution is 0.550. The first-order valence-electron chi connectivity index (χ1n) is 24.6. The van der Waals surface area contributed by atoms with Crippen molar-refractivity contribution in [1.82, 2.24) is 0 Å². The van der Waals surface area contributed by atoms with E-state index in [1.807, 2.05) is 0 Å². The topological polar surface area (TPSA) is 0 Å². The Balaban J connectivity index is 1.55. The standard InChI is InChI=1S/C62H78Si/c1-57(2,3)39-33-45(59(7,8)9)51(46(34-39)60(10,11)12)43-31-37-25-19-21-27-41(37)53-54-42-28-22-20-26-38(42)32-44(56(54)63(55(43)53)49-29-23-24-30-50(49)63)52-47(61(13,14)15)35-40(58(4,5)6)36-48(52)62(16,17)18/h19-22,25-28,31-36,49-50H,23-24,29-30H2,1-18H3. The summed E-state index contributed by atoms with van der Waals surface area (Å²) in [5.41, 5.74) is 19.6. The van der Waals surface area contributed by atoms with Gasteiger partial charge >= 0.3 is 0 Å². The quantitative estimate of drug-likeness (QED) is 0.152. The fourth-order valence-electron chi connectivity index (χ4n) is 12.6. The molecule has 2 atom stereocenters. The average molecular weight is 851 g/mol. The molecule has 2 fully saturated rings. The van der Waals surface area contributed by atoms with Crippen LogP contribution in [0.15, 0.2) is 84.9 Å². The van der Waals surface area contributed by atoms with Crippen LogP contribution in [0, 0.1) is 0 Å². The summed E-state index contributed by atoms with van der Waals surface area (Å²) in [4.78, 5) is 0. The van der Waals surface area contributed by atoms with Crippen molar-refractivity contribution < 1.29 is 0 Å². The zero-order chi connectivity index (χ0) is 45.8. The Labute approximate surface area is 383 Å². The van der Waals surface area contributed by atoms with E-state index in [9.17, 15) is 0 Å². The van der Waals surface area contributed by atoms with Crippen molar-refractivity contribution in [2.45, 2.75) is 194 Å². The van der Waals surface area contributed by atoms with E-state index in [2.05, 4.69) is 210 Å². The van der Waals surface area contributed by atoms with Gasteiger partial charge in [0.1, 0.15) is 8.07 Å². The van der Waals surface area contributed by atoms with Gasteiger partial charge in [0.25, 0.3) is 0 Å². The van der Waals surface area contributed by atoms with Crippen LogP contribution in [0.1, 0.15) is 184 Å². The van der Waals surface area contributed by atoms with Gasteiger partial charge in [0.05, 0.1) is 0 Å². The molecule has 1 saturated carbocycles. The number of fused-ring (bicyclic) bond motifs is 12. The third kappa shape index (κ3) is 6.86. The van der Waals surface area contributed by atoms with Crippen LogP contribution < -0.4 is 10.4 Å². The second-order valence-electron chi connectivity index (χ2n) is 26.5. The molecule has 6 aromatic rings. The van der Waals surface area contributed by atoms with Crippen LogP contribution in [-0.4, -0.2) is 8.07 Å². The van der Waals surface area contributed by atoms with Gasteiger partial charge in [-0.15, -0.1) is 0 Å². The van der Waals surface area contributed by atoms with Gasteiger partial charge in [0.15, 0.2) is 0 Å². The molecule has 1 aliphatic carbocycles. The van der Waals surface area contributed by atoms with Gasteiger partial charge in [-0.1, -0.05) is 223 Å². The molecule has 9 rings (SSSR count). The van der Waals surface area contributed by atoms with Crippen molar-refractivity contribution in [2.24, 2.45) is 0 Å². The Morgan fingerprint density at radius 3 is 0.952 bits per heavy atom. The van der Waals surface area contributed by atoms with E-state index in [0.717, 1.165) is 11.1 Å². The Hall–Kier alpha value is -3.94. The normalized spacial score (nSPS) is 18.8. The molecule has 0 amide bonds. The first kappa shape index (κ1) is 44.3. The minimum absolute atomic E-state index is 0.0351. The summed E-state index contributed by atoms with van der Waals surface area (Å²) in [6.45, 7) is 44.1. The maximum atomic E-state index is 2.71. The molecule has 0 aromatic heterocycles. The van der Waals surface area contributed by atoms with Gasteiger partial charge in [-0.3, -0.25) is 0 Å². The molecular weight excluding hydrogens is 773 g/mol. The number of rotatable bonds is 2. The molecule has 63 heavy (non-hydrogen) atoms. The van der Waals surface area contributed by atoms with Crippen LogP contribution in [0.3, 0.4) is 0 Å². The van der Waals surface area contributed by atoms with Gasteiger partial charge in [-0.05, 0) is 154 Å². The SMILES string of the molecule is CC(C)(C)c1cc(C(C)(C)C)c(-c2cc3ccccc3c3c2[Si]2(c4c(-c5c(C(C)(C)C)cc(C(C)(C)C)cc5C(C)(C)C)cc5ccccc5c4-3)C3CCCCC32)c(C(C)(C)C)c1. The number of hydrogen-bond donors (Lipinski definition) is 0. The van der Waals surface area contributed by atoms with Crippen molar-refractivity contribution in [3.63, 3.8) is 0 Å². The third-order valence-electron chi connectivity index (χ3n) is 15.8. The lowest BCUT2D eigenvalue weighted by Crippen LogP contribution is -2.46. The molecule has 0 N–H and O–H groups in total. The largest absolute Gasteiger partial charge is 0.127 e. The number of hydrogen-bond acceptors (Lipinski definition) is 0. The summed E-state index contributed by atoms with van der Waals surface area (Å²) in [5, 5.41) is 9.22. The summed E-state index contributed by atoms with van der Waals surface area (Å²) in [5.74, 6) is 0. The smallest absolute Gasteiger partial charge is 0.0616 e. The molecule has 0 bridgehead atoms. The molecule has 2 unspecified atom stereocenters.